The van der Waals surface area contributed by atoms with Crippen LogP contribution in [0.25, 0.3) is 64.7 Å². The van der Waals surface area contributed by atoms with E-state index in [2.05, 4.69) is 140 Å². The molecule has 6 aromatic rings. The molecule has 0 saturated carbocycles. The van der Waals surface area contributed by atoms with E-state index in [9.17, 15) is 0 Å². The molecule has 1 aliphatic carbocycles. The maximum atomic E-state index is 3.41. The summed E-state index contributed by atoms with van der Waals surface area (Å²) in [5.74, 6) is 0. The Balaban J connectivity index is 1.73. The highest BCUT2D eigenvalue weighted by Crippen LogP contribution is 2.26. The van der Waals surface area contributed by atoms with Gasteiger partial charge in [0.15, 0.2) is 0 Å². The first-order valence-electron chi connectivity index (χ1n) is 12.4. The van der Waals surface area contributed by atoms with Gasteiger partial charge in [-0.15, -0.1) is 45.3 Å². The third-order valence-corrected chi connectivity index (χ3v) is 10.0. The molecule has 0 amide bonds. The Morgan fingerprint density at radius 2 is 0.575 bits per heavy atom. The van der Waals surface area contributed by atoms with Crippen molar-refractivity contribution < 1.29 is 0 Å². The number of fused-ring (bicyclic) bond motifs is 2. The van der Waals surface area contributed by atoms with E-state index in [0.29, 0.717) is 0 Å². The number of hydrogen-bond acceptors (Lipinski definition) is 4. The molecule has 0 N–H and O–H groups in total. The van der Waals surface area contributed by atoms with Gasteiger partial charge in [-0.3, -0.25) is 0 Å². The second-order valence-corrected chi connectivity index (χ2v) is 12.5. The predicted octanol–water partition coefficient (Wildman–Crippen LogP) is 7.56. The van der Waals surface area contributed by atoms with Gasteiger partial charge in [0.2, 0.25) is 0 Å². The summed E-state index contributed by atoms with van der Waals surface area (Å²) >= 11 is 6.79. The quantitative estimate of drug-likeness (QED) is 0.190. The summed E-state index contributed by atoms with van der Waals surface area (Å²) in [4.78, 5) is 4.62. The highest BCUT2D eigenvalue weighted by Gasteiger charge is 2.10. The topological polar surface area (TPSA) is 0 Å². The van der Waals surface area contributed by atoms with Gasteiger partial charge in [-0.1, -0.05) is 71.5 Å². The third-order valence-electron chi connectivity index (χ3n) is 6.43. The Morgan fingerprint density at radius 3 is 0.775 bits per heavy atom. The second-order valence-electron chi connectivity index (χ2n) is 8.73. The van der Waals surface area contributed by atoms with Crippen LogP contribution in [0.4, 0.5) is 0 Å². The van der Waals surface area contributed by atoms with E-state index >= 15 is 0 Å². The van der Waals surface area contributed by atoms with Gasteiger partial charge in [0.25, 0.3) is 0 Å². The lowest BCUT2D eigenvalue weighted by Gasteiger charge is -2.03. The van der Waals surface area contributed by atoms with Crippen molar-refractivity contribution in [2.75, 3.05) is 0 Å². The summed E-state index contributed by atoms with van der Waals surface area (Å²) in [7, 11) is 0. The molecule has 0 spiro atoms. The minimum Gasteiger partial charge on any atom is -0.144 e. The zero-order chi connectivity index (χ0) is 26.7. The van der Waals surface area contributed by atoms with Crippen molar-refractivity contribution in [2.24, 2.45) is 0 Å². The molecule has 0 bridgehead atoms. The van der Waals surface area contributed by atoms with Crippen LogP contribution >= 0.6 is 45.3 Å². The molecule has 2 aromatic carbocycles. The molecule has 0 radical (unpaired) electrons. The summed E-state index contributed by atoms with van der Waals surface area (Å²) in [6, 6.07) is 25.3. The summed E-state index contributed by atoms with van der Waals surface area (Å²) < 4.78 is 0. The summed E-state index contributed by atoms with van der Waals surface area (Å²) in [6.07, 6.45) is 0. The second kappa shape index (κ2) is 10.9. The maximum absolute atomic E-state index is 3.41. The molecule has 0 aliphatic heterocycles. The van der Waals surface area contributed by atoms with Crippen molar-refractivity contribution in [1.29, 1.82) is 0 Å². The van der Waals surface area contributed by atoms with Gasteiger partial charge in [0.1, 0.15) is 0 Å². The predicted molar refractivity (Wildman–Crippen MR) is 172 cm³/mol. The van der Waals surface area contributed by atoms with Crippen LogP contribution in [0.1, 0.15) is 0 Å². The molecule has 40 heavy (non-hydrogen) atoms. The number of hydrogen-bond donors (Lipinski definition) is 0. The van der Waals surface area contributed by atoms with Gasteiger partial charge < -0.3 is 0 Å². The lowest BCUT2D eigenvalue weighted by molar-refractivity contribution is 1.53. The normalized spacial score (nSPS) is 11.0. The van der Waals surface area contributed by atoms with Crippen LogP contribution in [-0.2, 0) is 0 Å². The van der Waals surface area contributed by atoms with Gasteiger partial charge in [0, 0.05) is 41.8 Å². The van der Waals surface area contributed by atoms with Crippen LogP contribution in [0, 0.1) is 0 Å². The molecule has 0 nitrogen and oxygen atoms in total. The average Bonchev–Trinajstić information content (AvgIpc) is 3.81. The first kappa shape index (κ1) is 24.5. The zero-order valence-corrected chi connectivity index (χ0v) is 24.1. The Bertz CT molecular complexity index is 2030. The molecule has 184 valence electrons. The standard InChI is InChI=1S/C36H16S4/c1-2-10-26-28(32(36-16-8-24-40-36)20-19-30(26)34-14-6-22-38-34)12-4-3-11-27-25(9-1)29(33-13-5-21-37-33)17-18-31(27)35-15-7-23-39-35/h5-8,13-24H. The first-order valence-corrected chi connectivity index (χ1v) is 15.9. The van der Waals surface area contributed by atoms with Gasteiger partial charge in [-0.25, -0.2) is 0 Å². The highest BCUT2D eigenvalue weighted by atomic mass is 32.1. The van der Waals surface area contributed by atoms with Crippen LogP contribution in [0.2, 0.25) is 0 Å². The van der Waals surface area contributed by atoms with Crippen LogP contribution in [0.3, 0.4) is 0 Å². The first-order chi connectivity index (χ1) is 19.9. The van der Waals surface area contributed by atoms with Crippen molar-refractivity contribution in [3.63, 3.8) is 0 Å². The van der Waals surface area contributed by atoms with Crippen LogP contribution in [0.5, 0.6) is 0 Å². The smallest absolute Gasteiger partial charge is 0.0505 e. The van der Waals surface area contributed by atoms with Crippen molar-refractivity contribution >= 4 is 68.3 Å². The Labute approximate surface area is 246 Å². The van der Waals surface area contributed by atoms with E-state index in [-0.39, 0.29) is 0 Å². The average molecular weight is 577 g/mol. The highest BCUT2D eigenvalue weighted by molar-refractivity contribution is 7.14. The van der Waals surface area contributed by atoms with Crippen molar-refractivity contribution in [2.45, 2.75) is 0 Å². The molecule has 0 unspecified atom stereocenters. The fourth-order valence-corrected chi connectivity index (χ4v) is 7.68. The molecule has 4 heteroatoms. The fourth-order valence-electron chi connectivity index (χ4n) is 4.65. The van der Waals surface area contributed by atoms with E-state index in [4.69, 9.17) is 0 Å². The van der Waals surface area contributed by atoms with Crippen LogP contribution in [0.15, 0.2) is 117 Å². The number of rotatable bonds is 4. The SMILES string of the molecule is C1=C=C=c2c(-c3cccs3)ccc(-c3cccs3)c2=C=C=C=C=c2c(-c3cccs3)ccc(-c3cccs3)c2=C=1. The molecule has 0 atom stereocenters. The molecule has 1 aliphatic rings. The van der Waals surface area contributed by atoms with E-state index in [1.54, 1.807) is 45.3 Å². The Kier molecular flexibility index (Phi) is 6.70. The molecule has 7 rings (SSSR count). The Hall–Kier alpha value is -4.52. The van der Waals surface area contributed by atoms with Crippen molar-refractivity contribution in [1.82, 2.24) is 0 Å². The zero-order valence-electron chi connectivity index (χ0n) is 20.9. The summed E-state index contributed by atoms with van der Waals surface area (Å²) in [6.45, 7) is 0. The Morgan fingerprint density at radius 1 is 0.325 bits per heavy atom. The van der Waals surface area contributed by atoms with Crippen LogP contribution in [-0.4, -0.2) is 0 Å². The minimum absolute atomic E-state index is 0.892. The molecule has 4 heterocycles. The van der Waals surface area contributed by atoms with Gasteiger partial charge in [-0.05, 0) is 68.7 Å². The van der Waals surface area contributed by atoms with E-state index in [0.717, 1.165) is 62.6 Å². The monoisotopic (exact) mass is 576 g/mol. The molecular formula is C36H16S4. The largest absolute Gasteiger partial charge is 0.144 e. The van der Waals surface area contributed by atoms with Gasteiger partial charge >= 0.3 is 0 Å². The molecule has 0 saturated heterocycles. The third kappa shape index (κ3) is 4.62. The summed E-state index contributed by atoms with van der Waals surface area (Å²) in [5, 5.41) is 11.9. The van der Waals surface area contributed by atoms with E-state index in [1.165, 1.54) is 0 Å². The molecular weight excluding hydrogens is 561 g/mol. The van der Waals surface area contributed by atoms with E-state index in [1.807, 2.05) is 0 Å². The molecule has 4 aromatic heterocycles. The molecule has 0 fully saturated rings. The minimum atomic E-state index is 0.892. The van der Waals surface area contributed by atoms with Gasteiger partial charge in [0.05, 0.1) is 20.9 Å². The lowest BCUT2D eigenvalue weighted by Crippen LogP contribution is -2.27. The van der Waals surface area contributed by atoms with Crippen molar-refractivity contribution in [3.05, 3.63) is 138 Å². The van der Waals surface area contributed by atoms with E-state index < -0.39 is 0 Å². The summed E-state index contributed by atoms with van der Waals surface area (Å²) in [5.41, 5.74) is 30.7. The fraction of sp³-hybridized carbons (Fsp3) is 0. The maximum Gasteiger partial charge on any atom is 0.0505 e. The lowest BCUT2D eigenvalue weighted by atomic mass is 10.0. The van der Waals surface area contributed by atoms with Crippen LogP contribution < -0.4 is 20.9 Å². The number of benzene rings is 2. The van der Waals surface area contributed by atoms with Gasteiger partial charge in [-0.2, -0.15) is 0 Å². The van der Waals surface area contributed by atoms with Crippen molar-refractivity contribution in [3.8, 4) is 41.8 Å². The number of thiophene rings is 4.